The van der Waals surface area contributed by atoms with E-state index in [1.165, 1.54) is 37.5 Å². The maximum atomic E-state index is 11.6. The van der Waals surface area contributed by atoms with Crippen LogP contribution in [0.5, 0.6) is 0 Å². The molecule has 0 amide bonds. The van der Waals surface area contributed by atoms with Crippen LogP contribution in [0.4, 0.5) is 0 Å². The first-order chi connectivity index (χ1) is 7.95. The van der Waals surface area contributed by atoms with E-state index >= 15 is 0 Å². The van der Waals surface area contributed by atoms with Crippen molar-refractivity contribution in [2.24, 2.45) is 22.7 Å². The van der Waals surface area contributed by atoms with Gasteiger partial charge in [-0.1, -0.05) is 45.8 Å². The highest BCUT2D eigenvalue weighted by atomic mass is 16.1. The van der Waals surface area contributed by atoms with E-state index in [1.54, 1.807) is 0 Å². The average Bonchev–Trinajstić information content (AvgIpc) is 2.26. The molecule has 1 saturated carbocycles. The third-order valence-electron chi connectivity index (χ3n) is 5.55. The summed E-state index contributed by atoms with van der Waals surface area (Å²) in [6.07, 6.45) is 9.61. The molecule has 3 unspecified atom stereocenters. The van der Waals surface area contributed by atoms with Crippen LogP contribution < -0.4 is 0 Å². The summed E-state index contributed by atoms with van der Waals surface area (Å²) >= 11 is 0. The van der Waals surface area contributed by atoms with Crippen molar-refractivity contribution in [3.05, 3.63) is 11.6 Å². The summed E-state index contributed by atoms with van der Waals surface area (Å²) in [6.45, 7) is 9.32. The Bertz CT molecular complexity index is 339. The first-order valence-corrected chi connectivity index (χ1v) is 7.10. The molecule has 2 rings (SSSR count). The fourth-order valence-corrected chi connectivity index (χ4v) is 4.55. The minimum absolute atomic E-state index is 0.172. The Labute approximate surface area is 106 Å². The molecule has 0 aromatic rings. The van der Waals surface area contributed by atoms with Gasteiger partial charge in [0.1, 0.15) is 6.29 Å². The number of aldehydes is 1. The summed E-state index contributed by atoms with van der Waals surface area (Å²) in [5.41, 5.74) is 1.99. The molecule has 1 fully saturated rings. The van der Waals surface area contributed by atoms with Gasteiger partial charge in [-0.15, -0.1) is 0 Å². The van der Waals surface area contributed by atoms with Gasteiger partial charge in [-0.3, -0.25) is 0 Å². The molecule has 2 aliphatic rings. The molecular weight excluding hydrogens is 208 g/mol. The Balaban J connectivity index is 2.42. The van der Waals surface area contributed by atoms with Crippen molar-refractivity contribution >= 4 is 6.29 Å². The molecule has 0 aliphatic heterocycles. The lowest BCUT2D eigenvalue weighted by Gasteiger charge is -2.55. The van der Waals surface area contributed by atoms with Gasteiger partial charge in [0.15, 0.2) is 0 Å². The highest BCUT2D eigenvalue weighted by Gasteiger charge is 2.52. The topological polar surface area (TPSA) is 17.1 Å². The van der Waals surface area contributed by atoms with Gasteiger partial charge in [0, 0.05) is 5.92 Å². The smallest absolute Gasteiger partial charge is 0.127 e. The van der Waals surface area contributed by atoms with Crippen LogP contribution in [0.1, 0.15) is 59.8 Å². The lowest BCUT2D eigenvalue weighted by atomic mass is 9.49. The third kappa shape index (κ3) is 1.88. The van der Waals surface area contributed by atoms with Gasteiger partial charge >= 0.3 is 0 Å². The van der Waals surface area contributed by atoms with Gasteiger partial charge in [0.2, 0.25) is 0 Å². The second-order valence-electron chi connectivity index (χ2n) is 6.88. The van der Waals surface area contributed by atoms with Gasteiger partial charge in [0.25, 0.3) is 0 Å². The van der Waals surface area contributed by atoms with E-state index in [9.17, 15) is 4.79 Å². The van der Waals surface area contributed by atoms with Crippen molar-refractivity contribution in [2.45, 2.75) is 59.8 Å². The first kappa shape index (κ1) is 12.9. The van der Waals surface area contributed by atoms with Gasteiger partial charge in [-0.05, 0) is 42.4 Å². The molecule has 0 saturated heterocycles. The van der Waals surface area contributed by atoms with E-state index in [1.807, 2.05) is 0 Å². The Morgan fingerprint density at radius 1 is 1.35 bits per heavy atom. The second kappa shape index (κ2) is 4.26. The summed E-state index contributed by atoms with van der Waals surface area (Å²) in [5, 5.41) is 0. The minimum atomic E-state index is 0.172. The zero-order chi connectivity index (χ0) is 12.7. The lowest BCUT2D eigenvalue weighted by Crippen LogP contribution is -2.49. The Morgan fingerprint density at radius 2 is 2.06 bits per heavy atom. The summed E-state index contributed by atoms with van der Waals surface area (Å²) in [7, 11) is 0. The number of carbonyl (C=O) groups is 1. The highest BCUT2D eigenvalue weighted by Crippen LogP contribution is 2.59. The molecule has 0 bridgehead atoms. The minimum Gasteiger partial charge on any atom is -0.303 e. The quantitative estimate of drug-likeness (QED) is 0.512. The monoisotopic (exact) mass is 234 g/mol. The molecule has 1 nitrogen and oxygen atoms in total. The van der Waals surface area contributed by atoms with E-state index < -0.39 is 0 Å². The average molecular weight is 234 g/mol. The number of fused-ring (bicyclic) bond motifs is 1. The van der Waals surface area contributed by atoms with Crippen molar-refractivity contribution < 1.29 is 4.79 Å². The standard InChI is InChI=1S/C16H26O/c1-5-12-7-8-14-15(2,3)9-6-10-16(14,4)13(12)11-17/h7,11,13-14H,5-6,8-10H2,1-4H3. The summed E-state index contributed by atoms with van der Waals surface area (Å²) in [6, 6.07) is 0. The molecule has 0 radical (unpaired) electrons. The molecular formula is C16H26O. The summed E-state index contributed by atoms with van der Waals surface area (Å²) in [4.78, 5) is 11.6. The number of carbonyl (C=O) groups excluding carboxylic acids is 1. The summed E-state index contributed by atoms with van der Waals surface area (Å²) < 4.78 is 0. The molecule has 0 aromatic carbocycles. The molecule has 0 aromatic heterocycles. The molecule has 2 aliphatic carbocycles. The van der Waals surface area contributed by atoms with Crippen molar-refractivity contribution in [3.8, 4) is 0 Å². The third-order valence-corrected chi connectivity index (χ3v) is 5.55. The van der Waals surface area contributed by atoms with E-state index in [0.717, 1.165) is 6.42 Å². The van der Waals surface area contributed by atoms with Crippen LogP contribution in [0.3, 0.4) is 0 Å². The van der Waals surface area contributed by atoms with Crippen molar-refractivity contribution in [1.29, 1.82) is 0 Å². The molecule has 0 spiro atoms. The summed E-state index contributed by atoms with van der Waals surface area (Å²) in [5.74, 6) is 0.847. The largest absolute Gasteiger partial charge is 0.303 e. The maximum absolute atomic E-state index is 11.6. The van der Waals surface area contributed by atoms with Gasteiger partial charge in [-0.25, -0.2) is 0 Å². The molecule has 0 heterocycles. The van der Waals surface area contributed by atoms with E-state index in [-0.39, 0.29) is 11.3 Å². The fraction of sp³-hybridized carbons (Fsp3) is 0.812. The van der Waals surface area contributed by atoms with Gasteiger partial charge in [0.05, 0.1) is 0 Å². The Hall–Kier alpha value is -0.590. The van der Waals surface area contributed by atoms with E-state index in [0.29, 0.717) is 11.3 Å². The highest BCUT2D eigenvalue weighted by molar-refractivity contribution is 5.61. The van der Waals surface area contributed by atoms with Crippen LogP contribution in [-0.2, 0) is 4.79 Å². The van der Waals surface area contributed by atoms with Crippen LogP contribution >= 0.6 is 0 Å². The molecule has 1 heteroatoms. The SMILES string of the molecule is CCC1=CCC2C(C)(C)CCCC2(C)C1C=O. The normalized spacial score (nSPS) is 40.4. The predicted octanol–water partition coefficient (Wildman–Crippen LogP) is 4.37. The van der Waals surface area contributed by atoms with Gasteiger partial charge in [-0.2, -0.15) is 0 Å². The predicted molar refractivity (Wildman–Crippen MR) is 71.8 cm³/mol. The van der Waals surface area contributed by atoms with Crippen LogP contribution in [0, 0.1) is 22.7 Å². The zero-order valence-corrected chi connectivity index (χ0v) is 11.8. The van der Waals surface area contributed by atoms with Gasteiger partial charge < -0.3 is 4.79 Å². The van der Waals surface area contributed by atoms with Crippen molar-refractivity contribution in [1.82, 2.24) is 0 Å². The molecule has 0 N–H and O–H groups in total. The number of hydrogen-bond donors (Lipinski definition) is 0. The zero-order valence-electron chi connectivity index (χ0n) is 11.8. The molecule has 3 atom stereocenters. The second-order valence-corrected chi connectivity index (χ2v) is 6.88. The lowest BCUT2D eigenvalue weighted by molar-refractivity contribution is -0.119. The van der Waals surface area contributed by atoms with Crippen molar-refractivity contribution in [3.63, 3.8) is 0 Å². The number of rotatable bonds is 2. The number of hydrogen-bond acceptors (Lipinski definition) is 1. The van der Waals surface area contributed by atoms with Crippen LogP contribution in [-0.4, -0.2) is 6.29 Å². The molecule has 96 valence electrons. The van der Waals surface area contributed by atoms with Crippen LogP contribution in [0.2, 0.25) is 0 Å². The van der Waals surface area contributed by atoms with Crippen molar-refractivity contribution in [2.75, 3.05) is 0 Å². The first-order valence-electron chi connectivity index (χ1n) is 7.10. The number of allylic oxidation sites excluding steroid dienone is 2. The Kier molecular flexibility index (Phi) is 3.22. The fourth-order valence-electron chi connectivity index (χ4n) is 4.55. The van der Waals surface area contributed by atoms with Crippen LogP contribution in [0.25, 0.3) is 0 Å². The molecule has 17 heavy (non-hydrogen) atoms. The maximum Gasteiger partial charge on any atom is 0.127 e. The van der Waals surface area contributed by atoms with E-state index in [4.69, 9.17) is 0 Å². The van der Waals surface area contributed by atoms with Crippen LogP contribution in [0.15, 0.2) is 11.6 Å². The Morgan fingerprint density at radius 3 is 2.65 bits per heavy atom. The van der Waals surface area contributed by atoms with E-state index in [2.05, 4.69) is 33.8 Å².